The highest BCUT2D eigenvalue weighted by Crippen LogP contribution is 2.19. The van der Waals surface area contributed by atoms with Crippen molar-refractivity contribution in [3.63, 3.8) is 0 Å². The molecule has 0 saturated heterocycles. The highest BCUT2D eigenvalue weighted by molar-refractivity contribution is 9.10. The van der Waals surface area contributed by atoms with E-state index in [0.29, 0.717) is 12.1 Å². The van der Waals surface area contributed by atoms with Gasteiger partial charge in [0.05, 0.1) is 12.1 Å². The summed E-state index contributed by atoms with van der Waals surface area (Å²) in [7, 11) is 0. The SMILES string of the molecule is CCN(CC)c1ccc(C(=O)NCc2cc(Br)cs2)cn1. The highest BCUT2D eigenvalue weighted by Gasteiger charge is 2.08. The summed E-state index contributed by atoms with van der Waals surface area (Å²) in [6.45, 7) is 6.52. The Morgan fingerprint density at radius 1 is 1.38 bits per heavy atom. The summed E-state index contributed by atoms with van der Waals surface area (Å²) in [6.07, 6.45) is 1.63. The molecule has 1 N–H and O–H groups in total. The molecule has 0 aliphatic rings. The van der Waals surface area contributed by atoms with Gasteiger partial charge in [0.25, 0.3) is 5.91 Å². The molecule has 0 atom stereocenters. The smallest absolute Gasteiger partial charge is 0.253 e. The molecule has 0 fully saturated rings. The molecule has 2 heterocycles. The Kier molecular flexibility index (Phi) is 5.76. The zero-order chi connectivity index (χ0) is 15.2. The standard InChI is InChI=1S/C15H18BrN3OS/c1-3-19(4-2)14-6-5-11(8-17-14)15(20)18-9-13-7-12(16)10-21-13/h5-8,10H,3-4,9H2,1-2H3,(H,18,20). The highest BCUT2D eigenvalue weighted by atomic mass is 79.9. The number of hydrogen-bond donors (Lipinski definition) is 1. The topological polar surface area (TPSA) is 45.2 Å². The van der Waals surface area contributed by atoms with Crippen LogP contribution < -0.4 is 10.2 Å². The first kappa shape index (κ1) is 16.0. The number of nitrogens with zero attached hydrogens (tertiary/aromatic N) is 2. The van der Waals surface area contributed by atoms with Gasteiger partial charge in [0.2, 0.25) is 0 Å². The lowest BCUT2D eigenvalue weighted by molar-refractivity contribution is 0.0951. The third-order valence-electron chi connectivity index (χ3n) is 3.14. The molecule has 0 saturated carbocycles. The van der Waals surface area contributed by atoms with Crippen molar-refractivity contribution < 1.29 is 4.79 Å². The third-order valence-corrected chi connectivity index (χ3v) is 4.84. The van der Waals surface area contributed by atoms with Crippen molar-refractivity contribution in [1.29, 1.82) is 0 Å². The number of amides is 1. The average Bonchev–Trinajstić information content (AvgIpc) is 2.92. The van der Waals surface area contributed by atoms with Crippen molar-refractivity contribution in [2.45, 2.75) is 20.4 Å². The number of aromatic nitrogens is 1. The average molecular weight is 368 g/mol. The van der Waals surface area contributed by atoms with Gasteiger partial charge in [-0.05, 0) is 48.0 Å². The normalized spacial score (nSPS) is 10.4. The van der Waals surface area contributed by atoms with Crippen molar-refractivity contribution >= 4 is 39.0 Å². The monoisotopic (exact) mass is 367 g/mol. The molecule has 0 bridgehead atoms. The van der Waals surface area contributed by atoms with Crippen LogP contribution in [0, 0.1) is 0 Å². The van der Waals surface area contributed by atoms with Gasteiger partial charge in [0.1, 0.15) is 5.82 Å². The molecule has 2 rings (SSSR count). The summed E-state index contributed by atoms with van der Waals surface area (Å²) in [6, 6.07) is 5.72. The largest absolute Gasteiger partial charge is 0.357 e. The molecule has 1 amide bonds. The van der Waals surface area contributed by atoms with Crippen molar-refractivity contribution in [1.82, 2.24) is 10.3 Å². The molecule has 4 nitrogen and oxygen atoms in total. The Morgan fingerprint density at radius 2 is 2.14 bits per heavy atom. The number of thiophene rings is 1. The summed E-state index contributed by atoms with van der Waals surface area (Å²) >= 11 is 5.02. The molecule has 0 aromatic carbocycles. The van der Waals surface area contributed by atoms with E-state index in [9.17, 15) is 4.79 Å². The number of pyridine rings is 1. The van der Waals surface area contributed by atoms with Gasteiger partial charge >= 0.3 is 0 Å². The van der Waals surface area contributed by atoms with E-state index < -0.39 is 0 Å². The second-order valence-electron chi connectivity index (χ2n) is 4.49. The maximum absolute atomic E-state index is 12.1. The van der Waals surface area contributed by atoms with E-state index in [1.165, 1.54) is 0 Å². The molecule has 0 aliphatic heterocycles. The third kappa shape index (κ3) is 4.28. The molecule has 2 aromatic heterocycles. The number of carbonyl (C=O) groups excluding carboxylic acids is 1. The number of hydrogen-bond acceptors (Lipinski definition) is 4. The van der Waals surface area contributed by atoms with Crippen LogP contribution in [-0.2, 0) is 6.54 Å². The Bertz CT molecular complexity index is 593. The Balaban J connectivity index is 1.96. The maximum atomic E-state index is 12.1. The van der Waals surface area contributed by atoms with Gasteiger partial charge in [0.15, 0.2) is 0 Å². The van der Waals surface area contributed by atoms with Gasteiger partial charge < -0.3 is 10.2 Å². The minimum absolute atomic E-state index is 0.0990. The molecular weight excluding hydrogens is 350 g/mol. The van der Waals surface area contributed by atoms with Crippen LogP contribution in [0.5, 0.6) is 0 Å². The van der Waals surface area contributed by atoms with E-state index in [1.54, 1.807) is 17.5 Å². The zero-order valence-corrected chi connectivity index (χ0v) is 14.5. The van der Waals surface area contributed by atoms with Crippen LogP contribution in [0.15, 0.2) is 34.2 Å². The lowest BCUT2D eigenvalue weighted by Gasteiger charge is -2.19. The fourth-order valence-electron chi connectivity index (χ4n) is 1.97. The molecule has 0 aliphatic carbocycles. The predicted molar refractivity (Wildman–Crippen MR) is 91.0 cm³/mol. The first-order valence-electron chi connectivity index (χ1n) is 6.86. The minimum atomic E-state index is -0.0990. The van der Waals surface area contributed by atoms with Gasteiger partial charge in [-0.25, -0.2) is 4.98 Å². The number of anilines is 1. The van der Waals surface area contributed by atoms with Crippen LogP contribution in [-0.4, -0.2) is 24.0 Å². The van der Waals surface area contributed by atoms with Gasteiger partial charge in [-0.2, -0.15) is 0 Å². The second kappa shape index (κ2) is 7.56. The Hall–Kier alpha value is -1.40. The van der Waals surface area contributed by atoms with Crippen molar-refractivity contribution in [3.05, 3.63) is 44.7 Å². The number of nitrogens with one attached hydrogen (secondary N) is 1. The number of carbonyl (C=O) groups is 1. The summed E-state index contributed by atoms with van der Waals surface area (Å²) in [5.74, 6) is 0.803. The van der Waals surface area contributed by atoms with Crippen LogP contribution in [0.3, 0.4) is 0 Å². The van der Waals surface area contributed by atoms with E-state index in [0.717, 1.165) is 28.3 Å². The Morgan fingerprint density at radius 3 is 2.67 bits per heavy atom. The summed E-state index contributed by atoms with van der Waals surface area (Å²) in [5.41, 5.74) is 0.585. The Labute approximate surface area is 137 Å². The lowest BCUT2D eigenvalue weighted by atomic mass is 10.2. The first-order valence-corrected chi connectivity index (χ1v) is 8.53. The fraction of sp³-hybridized carbons (Fsp3) is 0.333. The van der Waals surface area contributed by atoms with Crippen LogP contribution in [0.25, 0.3) is 0 Å². The van der Waals surface area contributed by atoms with E-state index in [1.807, 2.05) is 23.6 Å². The molecule has 2 aromatic rings. The van der Waals surface area contributed by atoms with E-state index in [-0.39, 0.29) is 5.91 Å². The maximum Gasteiger partial charge on any atom is 0.253 e. The van der Waals surface area contributed by atoms with Crippen molar-refractivity contribution in [3.8, 4) is 0 Å². The second-order valence-corrected chi connectivity index (χ2v) is 6.40. The predicted octanol–water partition coefficient (Wildman–Crippen LogP) is 3.68. The quantitative estimate of drug-likeness (QED) is 0.846. The van der Waals surface area contributed by atoms with Gasteiger partial charge in [0, 0.05) is 34.0 Å². The summed E-state index contributed by atoms with van der Waals surface area (Å²) in [4.78, 5) is 19.7. The van der Waals surface area contributed by atoms with Gasteiger partial charge in [-0.15, -0.1) is 11.3 Å². The summed E-state index contributed by atoms with van der Waals surface area (Å²) in [5, 5.41) is 4.90. The van der Waals surface area contributed by atoms with Crippen LogP contribution in [0.1, 0.15) is 29.1 Å². The number of halogens is 1. The molecular formula is C15H18BrN3OS. The molecule has 0 radical (unpaired) electrons. The van der Waals surface area contributed by atoms with Crippen molar-refractivity contribution in [2.75, 3.05) is 18.0 Å². The van der Waals surface area contributed by atoms with Crippen LogP contribution in [0.2, 0.25) is 0 Å². The molecule has 0 unspecified atom stereocenters. The molecule has 0 spiro atoms. The first-order chi connectivity index (χ1) is 10.1. The van der Waals surface area contributed by atoms with E-state index >= 15 is 0 Å². The van der Waals surface area contributed by atoms with E-state index in [2.05, 4.69) is 45.0 Å². The zero-order valence-electron chi connectivity index (χ0n) is 12.1. The summed E-state index contributed by atoms with van der Waals surface area (Å²) < 4.78 is 1.04. The lowest BCUT2D eigenvalue weighted by Crippen LogP contribution is -2.24. The van der Waals surface area contributed by atoms with E-state index in [4.69, 9.17) is 0 Å². The minimum Gasteiger partial charge on any atom is -0.357 e. The van der Waals surface area contributed by atoms with Crippen LogP contribution in [0.4, 0.5) is 5.82 Å². The van der Waals surface area contributed by atoms with Crippen LogP contribution >= 0.6 is 27.3 Å². The molecule has 21 heavy (non-hydrogen) atoms. The number of rotatable bonds is 6. The van der Waals surface area contributed by atoms with Gasteiger partial charge in [-0.3, -0.25) is 4.79 Å². The fourth-order valence-corrected chi connectivity index (χ4v) is 3.36. The molecule has 6 heteroatoms. The van der Waals surface area contributed by atoms with Gasteiger partial charge in [-0.1, -0.05) is 0 Å². The molecule has 112 valence electrons. The van der Waals surface area contributed by atoms with Crippen molar-refractivity contribution in [2.24, 2.45) is 0 Å².